The SMILES string of the molecule is Cc1c(C(=O)NCC2CCOC2)cc(-c2ccc(Cl)cc2)n1-c1ccc(S(N)(=O)=O)cc1. The molecule has 32 heavy (non-hydrogen) atoms. The van der Waals surface area contributed by atoms with Gasteiger partial charge in [0.05, 0.1) is 22.8 Å². The van der Waals surface area contributed by atoms with Crippen molar-refractivity contribution in [3.8, 4) is 16.9 Å². The highest BCUT2D eigenvalue weighted by atomic mass is 35.5. The number of nitrogens with one attached hydrogen (secondary N) is 1. The van der Waals surface area contributed by atoms with Gasteiger partial charge in [0.15, 0.2) is 0 Å². The normalized spacial score (nSPS) is 16.3. The zero-order chi connectivity index (χ0) is 22.9. The third kappa shape index (κ3) is 4.73. The first-order valence-corrected chi connectivity index (χ1v) is 12.1. The lowest BCUT2D eigenvalue weighted by Crippen LogP contribution is -2.29. The first-order chi connectivity index (χ1) is 15.2. The maximum Gasteiger partial charge on any atom is 0.253 e. The lowest BCUT2D eigenvalue weighted by Gasteiger charge is -2.13. The molecule has 0 aliphatic carbocycles. The van der Waals surface area contributed by atoms with Gasteiger partial charge in [-0.3, -0.25) is 4.79 Å². The molecule has 1 saturated heterocycles. The Kier molecular flexibility index (Phi) is 6.39. The molecule has 1 amide bonds. The molecule has 1 fully saturated rings. The molecule has 2 aromatic carbocycles. The van der Waals surface area contributed by atoms with E-state index in [0.29, 0.717) is 35.3 Å². The number of carbonyl (C=O) groups is 1. The third-order valence-electron chi connectivity index (χ3n) is 5.63. The largest absolute Gasteiger partial charge is 0.381 e. The maximum absolute atomic E-state index is 13.0. The molecule has 1 aromatic heterocycles. The van der Waals surface area contributed by atoms with E-state index in [2.05, 4.69) is 5.32 Å². The van der Waals surface area contributed by atoms with Crippen molar-refractivity contribution >= 4 is 27.5 Å². The number of nitrogens with two attached hydrogens (primary N) is 1. The summed E-state index contributed by atoms with van der Waals surface area (Å²) in [5, 5.41) is 8.85. The van der Waals surface area contributed by atoms with Crippen molar-refractivity contribution in [3.63, 3.8) is 0 Å². The van der Waals surface area contributed by atoms with Crippen LogP contribution in [0.25, 0.3) is 16.9 Å². The van der Waals surface area contributed by atoms with Gasteiger partial charge in [0.1, 0.15) is 0 Å². The summed E-state index contributed by atoms with van der Waals surface area (Å²) in [6.07, 6.45) is 0.937. The second-order valence-electron chi connectivity index (χ2n) is 7.85. The summed E-state index contributed by atoms with van der Waals surface area (Å²) in [4.78, 5) is 13.0. The minimum Gasteiger partial charge on any atom is -0.381 e. The van der Waals surface area contributed by atoms with E-state index in [1.807, 2.05) is 29.7 Å². The Balaban J connectivity index is 1.74. The molecule has 1 unspecified atom stereocenters. The number of sulfonamides is 1. The van der Waals surface area contributed by atoms with Crippen LogP contribution >= 0.6 is 11.6 Å². The maximum atomic E-state index is 13.0. The predicted molar refractivity (Wildman–Crippen MR) is 124 cm³/mol. The number of halogens is 1. The Labute approximate surface area is 192 Å². The second kappa shape index (κ2) is 9.07. The average molecular weight is 474 g/mol. The van der Waals surface area contributed by atoms with Gasteiger partial charge in [0, 0.05) is 35.5 Å². The van der Waals surface area contributed by atoms with Crippen LogP contribution in [0.1, 0.15) is 22.5 Å². The number of hydrogen-bond acceptors (Lipinski definition) is 4. The second-order valence-corrected chi connectivity index (χ2v) is 9.85. The van der Waals surface area contributed by atoms with Crippen molar-refractivity contribution < 1.29 is 17.9 Å². The van der Waals surface area contributed by atoms with Gasteiger partial charge >= 0.3 is 0 Å². The van der Waals surface area contributed by atoms with Gasteiger partial charge in [0.25, 0.3) is 5.91 Å². The summed E-state index contributed by atoms with van der Waals surface area (Å²) < 4.78 is 30.6. The Morgan fingerprint density at radius 3 is 2.47 bits per heavy atom. The van der Waals surface area contributed by atoms with E-state index in [1.165, 1.54) is 12.1 Å². The minimum absolute atomic E-state index is 0.0239. The Hall–Kier alpha value is -2.65. The van der Waals surface area contributed by atoms with E-state index in [0.717, 1.165) is 30.0 Å². The van der Waals surface area contributed by atoms with E-state index >= 15 is 0 Å². The van der Waals surface area contributed by atoms with Crippen molar-refractivity contribution in [2.75, 3.05) is 19.8 Å². The number of amides is 1. The monoisotopic (exact) mass is 473 g/mol. The number of hydrogen-bond donors (Lipinski definition) is 2. The molecule has 1 aliphatic rings. The Morgan fingerprint density at radius 1 is 1.19 bits per heavy atom. The fourth-order valence-electron chi connectivity index (χ4n) is 3.86. The van der Waals surface area contributed by atoms with Crippen molar-refractivity contribution in [2.24, 2.45) is 11.1 Å². The zero-order valence-corrected chi connectivity index (χ0v) is 19.1. The molecule has 0 bridgehead atoms. The van der Waals surface area contributed by atoms with Crippen LogP contribution in [-0.2, 0) is 14.8 Å². The highest BCUT2D eigenvalue weighted by Crippen LogP contribution is 2.31. The lowest BCUT2D eigenvalue weighted by molar-refractivity contribution is 0.0944. The molecule has 1 atom stereocenters. The standard InChI is InChI=1S/C23H24ClN3O4S/c1-15-21(23(28)26-13-16-10-11-31-14-16)12-22(17-2-4-18(24)5-3-17)27(15)19-6-8-20(9-7-19)32(25,29)30/h2-9,12,16H,10-11,13-14H2,1H3,(H,26,28)(H2,25,29,30). The molecule has 4 rings (SSSR count). The molecule has 1 aliphatic heterocycles. The zero-order valence-electron chi connectivity index (χ0n) is 17.5. The molecule has 2 heterocycles. The van der Waals surface area contributed by atoms with Crippen molar-refractivity contribution in [1.29, 1.82) is 0 Å². The van der Waals surface area contributed by atoms with E-state index in [-0.39, 0.29) is 10.8 Å². The molecule has 0 saturated carbocycles. The van der Waals surface area contributed by atoms with Crippen LogP contribution in [0.4, 0.5) is 0 Å². The van der Waals surface area contributed by atoms with Crippen LogP contribution in [0.5, 0.6) is 0 Å². The Morgan fingerprint density at radius 2 is 1.88 bits per heavy atom. The number of carbonyl (C=O) groups excluding carboxylic acids is 1. The summed E-state index contributed by atoms with van der Waals surface area (Å²) in [5.41, 5.74) is 3.65. The Bertz CT molecular complexity index is 1230. The number of benzene rings is 2. The lowest BCUT2D eigenvalue weighted by atomic mass is 10.1. The molecule has 0 radical (unpaired) electrons. The molecule has 0 spiro atoms. The quantitative estimate of drug-likeness (QED) is 0.571. The number of ether oxygens (including phenoxy) is 1. The van der Waals surface area contributed by atoms with E-state index in [1.54, 1.807) is 24.3 Å². The minimum atomic E-state index is -3.80. The smallest absolute Gasteiger partial charge is 0.253 e. The van der Waals surface area contributed by atoms with Gasteiger partial charge in [-0.1, -0.05) is 23.7 Å². The van der Waals surface area contributed by atoms with Gasteiger partial charge in [-0.2, -0.15) is 0 Å². The molecule has 9 heteroatoms. The summed E-state index contributed by atoms with van der Waals surface area (Å²) in [7, 11) is -3.80. The van der Waals surface area contributed by atoms with E-state index in [9.17, 15) is 13.2 Å². The molecule has 3 N–H and O–H groups in total. The third-order valence-corrected chi connectivity index (χ3v) is 6.81. The van der Waals surface area contributed by atoms with Gasteiger partial charge in [-0.25, -0.2) is 13.6 Å². The van der Waals surface area contributed by atoms with Crippen LogP contribution in [0.2, 0.25) is 5.02 Å². The van der Waals surface area contributed by atoms with Crippen molar-refractivity contribution in [1.82, 2.24) is 9.88 Å². The number of primary sulfonamides is 1. The number of nitrogens with zero attached hydrogens (tertiary/aromatic N) is 1. The highest BCUT2D eigenvalue weighted by molar-refractivity contribution is 7.89. The topological polar surface area (TPSA) is 103 Å². The average Bonchev–Trinajstić information content (AvgIpc) is 3.40. The van der Waals surface area contributed by atoms with E-state index in [4.69, 9.17) is 21.5 Å². The van der Waals surface area contributed by atoms with E-state index < -0.39 is 10.0 Å². The molecule has 3 aromatic rings. The van der Waals surface area contributed by atoms with Crippen LogP contribution in [0.3, 0.4) is 0 Å². The molecule has 168 valence electrons. The fourth-order valence-corrected chi connectivity index (χ4v) is 4.51. The summed E-state index contributed by atoms with van der Waals surface area (Å²) in [5.74, 6) is 0.160. The summed E-state index contributed by atoms with van der Waals surface area (Å²) in [6.45, 7) is 3.81. The van der Waals surface area contributed by atoms with Crippen LogP contribution < -0.4 is 10.5 Å². The summed E-state index contributed by atoms with van der Waals surface area (Å²) >= 11 is 6.06. The first kappa shape index (κ1) is 22.5. The molecular formula is C23H24ClN3O4S. The van der Waals surface area contributed by atoms with Crippen molar-refractivity contribution in [3.05, 3.63) is 70.9 Å². The summed E-state index contributed by atoms with van der Waals surface area (Å²) in [6, 6.07) is 15.4. The van der Waals surface area contributed by atoms with Crippen molar-refractivity contribution in [2.45, 2.75) is 18.2 Å². The molecule has 7 nitrogen and oxygen atoms in total. The van der Waals surface area contributed by atoms with Gasteiger partial charge in [-0.05, 0) is 61.4 Å². The fraction of sp³-hybridized carbons (Fsp3) is 0.261. The first-order valence-electron chi connectivity index (χ1n) is 10.2. The molecular weight excluding hydrogens is 450 g/mol. The number of rotatable bonds is 6. The van der Waals surface area contributed by atoms with Crippen LogP contribution in [-0.4, -0.2) is 38.7 Å². The van der Waals surface area contributed by atoms with Gasteiger partial charge in [-0.15, -0.1) is 0 Å². The number of aromatic nitrogens is 1. The highest BCUT2D eigenvalue weighted by Gasteiger charge is 2.22. The van der Waals surface area contributed by atoms with Gasteiger partial charge in [0.2, 0.25) is 10.0 Å². The van der Waals surface area contributed by atoms with Gasteiger partial charge < -0.3 is 14.6 Å². The predicted octanol–water partition coefficient (Wildman–Crippen LogP) is 3.52. The van der Waals surface area contributed by atoms with Crippen LogP contribution in [0, 0.1) is 12.8 Å². The van der Waals surface area contributed by atoms with Crippen LogP contribution in [0.15, 0.2) is 59.5 Å².